The molecule has 0 radical (unpaired) electrons. The van der Waals surface area contributed by atoms with E-state index in [-0.39, 0.29) is 6.10 Å². The van der Waals surface area contributed by atoms with E-state index >= 15 is 0 Å². The van der Waals surface area contributed by atoms with Crippen LogP contribution in [0.5, 0.6) is 5.75 Å². The fourth-order valence-corrected chi connectivity index (χ4v) is 4.64. The van der Waals surface area contributed by atoms with Gasteiger partial charge < -0.3 is 19.8 Å². The number of ether oxygens (including phenoxy) is 2. The smallest absolute Gasteiger partial charge is 0.411 e. The Kier molecular flexibility index (Phi) is 5.71. The average molecular weight is 488 g/mol. The number of anilines is 2. The van der Waals surface area contributed by atoms with Crippen LogP contribution in [0.15, 0.2) is 48.8 Å². The van der Waals surface area contributed by atoms with Gasteiger partial charge in [0.05, 0.1) is 23.4 Å². The Morgan fingerprint density at radius 3 is 2.67 bits per heavy atom. The first-order valence-electron chi connectivity index (χ1n) is 12.4. The third-order valence-corrected chi connectivity index (χ3v) is 6.86. The first kappa shape index (κ1) is 22.4. The van der Waals surface area contributed by atoms with Crippen molar-refractivity contribution in [3.05, 3.63) is 48.8 Å². The van der Waals surface area contributed by atoms with Gasteiger partial charge in [0.25, 0.3) is 0 Å². The molecule has 36 heavy (non-hydrogen) atoms. The van der Waals surface area contributed by atoms with Crippen LogP contribution < -0.4 is 15.8 Å². The summed E-state index contributed by atoms with van der Waals surface area (Å²) in [6, 6.07) is 14.2. The summed E-state index contributed by atoms with van der Waals surface area (Å²) >= 11 is 0. The molecule has 2 heterocycles. The van der Waals surface area contributed by atoms with Gasteiger partial charge in [-0.2, -0.15) is 4.80 Å². The molecule has 6 rings (SSSR count). The second kappa shape index (κ2) is 9.18. The van der Waals surface area contributed by atoms with Crippen molar-refractivity contribution in [2.75, 3.05) is 17.7 Å². The van der Waals surface area contributed by atoms with Gasteiger partial charge >= 0.3 is 6.09 Å². The minimum atomic E-state index is -0.416. The maximum Gasteiger partial charge on any atom is 0.411 e. The number of tetrazole rings is 1. The summed E-state index contributed by atoms with van der Waals surface area (Å²) in [4.78, 5) is 13.7. The van der Waals surface area contributed by atoms with Crippen molar-refractivity contribution in [3.63, 3.8) is 0 Å². The predicted octanol–water partition coefficient (Wildman–Crippen LogP) is 4.64. The standard InChI is InChI=1S/C26H29N7O3/c1-16(17-2-3-17)36-26(34)30-19-6-4-18(5-7-19)25-24(27)22-11-10-21(14-23(22)33(25)20-8-9-20)35-13-12-32-29-15-28-31-32/h4-7,10-11,14-17,20H,2-3,8-9,12-13,27H2,1H3,(H,30,34). The van der Waals surface area contributed by atoms with Crippen molar-refractivity contribution in [2.45, 2.75) is 51.3 Å². The lowest BCUT2D eigenvalue weighted by molar-refractivity contribution is 0.108. The van der Waals surface area contributed by atoms with Gasteiger partial charge in [-0.15, -0.1) is 10.2 Å². The van der Waals surface area contributed by atoms with Crippen LogP contribution in [0.2, 0.25) is 0 Å². The number of rotatable bonds is 9. The van der Waals surface area contributed by atoms with Gasteiger partial charge in [-0.3, -0.25) is 5.32 Å². The number of hydrogen-bond donors (Lipinski definition) is 2. The first-order valence-corrected chi connectivity index (χ1v) is 12.4. The molecule has 2 fully saturated rings. The molecule has 1 amide bonds. The van der Waals surface area contributed by atoms with Crippen molar-refractivity contribution in [1.82, 2.24) is 24.8 Å². The molecule has 10 nitrogen and oxygen atoms in total. The summed E-state index contributed by atoms with van der Waals surface area (Å²) in [7, 11) is 0. The van der Waals surface area contributed by atoms with Crippen LogP contribution in [0, 0.1) is 5.92 Å². The van der Waals surface area contributed by atoms with Gasteiger partial charge in [0, 0.05) is 28.7 Å². The highest BCUT2D eigenvalue weighted by Crippen LogP contribution is 2.46. The van der Waals surface area contributed by atoms with E-state index in [4.69, 9.17) is 15.2 Å². The number of hydrogen-bond acceptors (Lipinski definition) is 7. The Hall–Kier alpha value is -4.08. The molecule has 2 aromatic heterocycles. The van der Waals surface area contributed by atoms with Crippen molar-refractivity contribution in [3.8, 4) is 17.0 Å². The zero-order chi connectivity index (χ0) is 24.6. The van der Waals surface area contributed by atoms with Crippen molar-refractivity contribution in [1.29, 1.82) is 0 Å². The largest absolute Gasteiger partial charge is 0.492 e. The summed E-state index contributed by atoms with van der Waals surface area (Å²) in [6.45, 7) is 2.90. The van der Waals surface area contributed by atoms with Crippen molar-refractivity contribution >= 4 is 28.4 Å². The van der Waals surface area contributed by atoms with Crippen LogP contribution in [0.1, 0.15) is 38.6 Å². The summed E-state index contributed by atoms with van der Waals surface area (Å²) < 4.78 is 13.8. The van der Waals surface area contributed by atoms with E-state index in [9.17, 15) is 4.79 Å². The number of nitrogens with one attached hydrogen (secondary N) is 1. The number of aromatic nitrogens is 5. The molecular weight excluding hydrogens is 458 g/mol. The number of nitrogen functional groups attached to an aromatic ring is 1. The van der Waals surface area contributed by atoms with Crippen LogP contribution >= 0.6 is 0 Å². The van der Waals surface area contributed by atoms with E-state index < -0.39 is 6.09 Å². The zero-order valence-corrected chi connectivity index (χ0v) is 20.1. The molecule has 4 aromatic rings. The van der Waals surface area contributed by atoms with Gasteiger partial charge in [0.2, 0.25) is 0 Å². The van der Waals surface area contributed by atoms with Gasteiger partial charge in [0.15, 0.2) is 6.33 Å². The fourth-order valence-electron chi connectivity index (χ4n) is 4.64. The van der Waals surface area contributed by atoms with E-state index in [1.165, 1.54) is 11.1 Å². The lowest BCUT2D eigenvalue weighted by atomic mass is 10.1. The second-order valence-electron chi connectivity index (χ2n) is 9.57. The molecule has 186 valence electrons. The number of carbonyl (C=O) groups excluding carboxylic acids is 1. The quantitative estimate of drug-likeness (QED) is 0.353. The van der Waals surface area contributed by atoms with Crippen LogP contribution in [-0.2, 0) is 11.3 Å². The highest BCUT2D eigenvalue weighted by molar-refractivity contribution is 6.02. The summed E-state index contributed by atoms with van der Waals surface area (Å²) in [5.74, 6) is 1.27. The minimum absolute atomic E-state index is 0.0496. The van der Waals surface area contributed by atoms with Crippen LogP contribution in [-0.4, -0.2) is 43.6 Å². The molecule has 2 aliphatic carbocycles. The summed E-state index contributed by atoms with van der Waals surface area (Å²) in [5, 5.41) is 15.4. The maximum absolute atomic E-state index is 12.2. The van der Waals surface area contributed by atoms with Gasteiger partial charge in [-0.25, -0.2) is 4.79 Å². The van der Waals surface area contributed by atoms with E-state index in [0.717, 1.165) is 59.3 Å². The lowest BCUT2D eigenvalue weighted by Crippen LogP contribution is -2.21. The van der Waals surface area contributed by atoms with E-state index in [1.54, 1.807) is 0 Å². The normalized spacial score (nSPS) is 16.1. The Bertz CT molecular complexity index is 1370. The molecule has 2 saturated carbocycles. The number of benzene rings is 2. The first-order chi connectivity index (χ1) is 17.6. The number of nitrogens with zero attached hydrogens (tertiary/aromatic N) is 5. The number of nitrogens with two attached hydrogens (primary N) is 1. The predicted molar refractivity (Wildman–Crippen MR) is 136 cm³/mol. The van der Waals surface area contributed by atoms with Gasteiger partial charge in [-0.1, -0.05) is 12.1 Å². The van der Waals surface area contributed by atoms with Gasteiger partial charge in [0.1, 0.15) is 18.5 Å². The van der Waals surface area contributed by atoms with Crippen LogP contribution in [0.3, 0.4) is 0 Å². The number of amides is 1. The molecule has 0 spiro atoms. The Labute approximate surface area is 208 Å². The fraction of sp³-hybridized carbons (Fsp3) is 0.385. The molecule has 1 unspecified atom stereocenters. The third-order valence-electron chi connectivity index (χ3n) is 6.86. The average Bonchev–Trinajstić information content (AvgIpc) is 3.81. The third kappa shape index (κ3) is 4.58. The van der Waals surface area contributed by atoms with Crippen LogP contribution in [0.4, 0.5) is 16.2 Å². The Morgan fingerprint density at radius 2 is 1.97 bits per heavy atom. The SMILES string of the molecule is CC(OC(=O)Nc1ccc(-c2c(N)c3ccc(OCCn4ncnn4)cc3n2C2CC2)cc1)C1CC1. The molecule has 3 N–H and O–H groups in total. The highest BCUT2D eigenvalue weighted by Gasteiger charge is 2.31. The zero-order valence-electron chi connectivity index (χ0n) is 20.1. The molecule has 2 aliphatic rings. The molecular formula is C26H29N7O3. The van der Waals surface area contributed by atoms with Crippen molar-refractivity contribution < 1.29 is 14.3 Å². The molecule has 1 atom stereocenters. The topological polar surface area (TPSA) is 122 Å². The Morgan fingerprint density at radius 1 is 1.17 bits per heavy atom. The number of carbonyl (C=O) groups is 1. The van der Waals surface area contributed by atoms with Crippen LogP contribution in [0.25, 0.3) is 22.2 Å². The number of fused-ring (bicyclic) bond motifs is 1. The summed E-state index contributed by atoms with van der Waals surface area (Å²) in [5.41, 5.74) is 11.2. The highest BCUT2D eigenvalue weighted by atomic mass is 16.6. The monoisotopic (exact) mass is 487 g/mol. The van der Waals surface area contributed by atoms with E-state index in [1.807, 2.05) is 43.3 Å². The Balaban J connectivity index is 1.22. The minimum Gasteiger partial charge on any atom is -0.492 e. The van der Waals surface area contributed by atoms with Gasteiger partial charge in [-0.05, 0) is 68.0 Å². The maximum atomic E-state index is 12.2. The second-order valence-corrected chi connectivity index (χ2v) is 9.57. The van der Waals surface area contributed by atoms with Crippen molar-refractivity contribution in [2.24, 2.45) is 5.92 Å². The molecule has 2 aromatic carbocycles. The molecule has 10 heteroatoms. The molecule has 0 saturated heterocycles. The lowest BCUT2D eigenvalue weighted by Gasteiger charge is -2.14. The molecule has 0 bridgehead atoms. The van der Waals surface area contributed by atoms with E-state index in [2.05, 4.69) is 31.4 Å². The summed E-state index contributed by atoms with van der Waals surface area (Å²) in [6.07, 6.45) is 5.44. The van der Waals surface area contributed by atoms with E-state index in [0.29, 0.717) is 30.8 Å². The molecule has 0 aliphatic heterocycles.